The van der Waals surface area contributed by atoms with Gasteiger partial charge in [-0.15, -0.1) is 0 Å². The summed E-state index contributed by atoms with van der Waals surface area (Å²) in [6.07, 6.45) is 5.99. The van der Waals surface area contributed by atoms with Gasteiger partial charge in [0.2, 0.25) is 6.79 Å². The maximum atomic E-state index is 13.7. The van der Waals surface area contributed by atoms with Crippen molar-refractivity contribution >= 4 is 17.9 Å². The lowest BCUT2D eigenvalue weighted by atomic mass is 9.36. The van der Waals surface area contributed by atoms with Crippen LogP contribution >= 0.6 is 0 Å². The van der Waals surface area contributed by atoms with Crippen LogP contribution in [0.15, 0.2) is 22.8 Å². The van der Waals surface area contributed by atoms with E-state index in [2.05, 4.69) is 33.8 Å². The largest absolute Gasteiger partial charge is 0.462 e. The SMILES string of the molecule is CC(=O)O[C@@H]1CC[C@@]2(C)C(CC[C@@]3(C)C2[C@H](O)CC2/C(=C(\CCC=C(C)C)C(=O)OCOC(=O)C(C)(C)C)[C@H](O)C[C@@]23C)[C@@H]1C. The predicted molar refractivity (Wildman–Crippen MR) is 171 cm³/mol. The molecule has 4 rings (SSSR count). The molecule has 0 aliphatic heterocycles. The standard InChI is InChI=1S/C37H58O8/c1-21(2)12-11-13-24(32(41)43-20-44-33(42)34(5,6)7)30-26-18-27(39)31-35(8)16-15-29(45-23(4)38)22(3)25(35)14-17-36(31,9)37(26,10)19-28(30)40/h12,22,25-29,31,39-40H,11,13-20H2,1-10H3/b30-24-/t22-,25?,26?,27+,28+,29+,31?,35-,36-,37-/m0/s1. The molecular weight excluding hydrogens is 572 g/mol. The topological polar surface area (TPSA) is 119 Å². The summed E-state index contributed by atoms with van der Waals surface area (Å²) in [5.41, 5.74) is 0.753. The van der Waals surface area contributed by atoms with E-state index in [1.165, 1.54) is 6.92 Å². The van der Waals surface area contributed by atoms with Gasteiger partial charge in [-0.05, 0) is 131 Å². The average Bonchev–Trinajstić information content (AvgIpc) is 3.17. The molecule has 0 amide bonds. The summed E-state index contributed by atoms with van der Waals surface area (Å²) in [5, 5.41) is 23.9. The Morgan fingerprint density at radius 2 is 1.64 bits per heavy atom. The van der Waals surface area contributed by atoms with E-state index in [1.54, 1.807) is 20.8 Å². The lowest BCUT2D eigenvalue weighted by Gasteiger charge is -2.69. The van der Waals surface area contributed by atoms with Crippen LogP contribution in [0.4, 0.5) is 0 Å². The van der Waals surface area contributed by atoms with Crippen LogP contribution in [-0.4, -0.2) is 53.2 Å². The smallest absolute Gasteiger partial charge is 0.336 e. The average molecular weight is 631 g/mol. The monoisotopic (exact) mass is 630 g/mol. The van der Waals surface area contributed by atoms with Gasteiger partial charge in [0, 0.05) is 12.5 Å². The van der Waals surface area contributed by atoms with Crippen molar-refractivity contribution < 1.29 is 38.8 Å². The molecule has 4 saturated carbocycles. The summed E-state index contributed by atoms with van der Waals surface area (Å²) < 4.78 is 16.5. The molecular formula is C37H58O8. The minimum Gasteiger partial charge on any atom is -0.462 e. The quantitative estimate of drug-likeness (QED) is 0.139. The number of hydrogen-bond donors (Lipinski definition) is 2. The van der Waals surface area contributed by atoms with E-state index >= 15 is 0 Å². The Balaban J connectivity index is 1.68. The summed E-state index contributed by atoms with van der Waals surface area (Å²) in [5.74, 6) is -0.946. The highest BCUT2D eigenvalue weighted by molar-refractivity contribution is 5.90. The summed E-state index contributed by atoms with van der Waals surface area (Å²) in [4.78, 5) is 37.8. The van der Waals surface area contributed by atoms with Crippen LogP contribution in [-0.2, 0) is 28.6 Å². The summed E-state index contributed by atoms with van der Waals surface area (Å²) >= 11 is 0. The van der Waals surface area contributed by atoms with Gasteiger partial charge in [-0.1, -0.05) is 39.3 Å². The summed E-state index contributed by atoms with van der Waals surface area (Å²) in [6, 6.07) is 0. The summed E-state index contributed by atoms with van der Waals surface area (Å²) in [6.45, 7) is 19.3. The number of allylic oxidation sites excluding steroid dienone is 2. The van der Waals surface area contributed by atoms with Crippen molar-refractivity contribution in [2.75, 3.05) is 6.79 Å². The Morgan fingerprint density at radius 1 is 0.978 bits per heavy atom. The molecule has 0 spiro atoms. The first kappa shape index (κ1) is 35.7. The molecule has 4 aliphatic rings. The molecule has 4 fully saturated rings. The molecule has 45 heavy (non-hydrogen) atoms. The number of fused-ring (bicyclic) bond motifs is 5. The van der Waals surface area contributed by atoms with Crippen molar-refractivity contribution in [2.45, 2.75) is 139 Å². The van der Waals surface area contributed by atoms with Crippen LogP contribution in [0, 0.1) is 45.3 Å². The fourth-order valence-electron chi connectivity index (χ4n) is 10.3. The highest BCUT2D eigenvalue weighted by atomic mass is 16.7. The molecule has 0 aromatic heterocycles. The van der Waals surface area contributed by atoms with Gasteiger partial charge < -0.3 is 24.4 Å². The molecule has 3 unspecified atom stereocenters. The maximum absolute atomic E-state index is 13.7. The minimum atomic E-state index is -0.835. The van der Waals surface area contributed by atoms with Gasteiger partial charge in [-0.25, -0.2) is 4.79 Å². The number of esters is 3. The predicted octanol–water partition coefficient (Wildman–Crippen LogP) is 6.67. The fraction of sp³-hybridized carbons (Fsp3) is 0.811. The number of hydrogen-bond acceptors (Lipinski definition) is 8. The molecule has 254 valence electrons. The number of aliphatic hydroxyl groups is 2. The third-order valence-corrected chi connectivity index (χ3v) is 12.5. The van der Waals surface area contributed by atoms with E-state index in [-0.39, 0.29) is 46.1 Å². The third kappa shape index (κ3) is 6.39. The Bertz CT molecular complexity index is 1220. The number of aliphatic hydroxyl groups excluding tert-OH is 2. The molecule has 10 atom stereocenters. The molecule has 2 N–H and O–H groups in total. The van der Waals surface area contributed by atoms with Gasteiger partial charge in [0.05, 0.1) is 17.6 Å². The normalized spacial score (nSPS) is 40.3. The van der Waals surface area contributed by atoms with E-state index < -0.39 is 36.4 Å². The maximum Gasteiger partial charge on any atom is 0.336 e. The highest BCUT2D eigenvalue weighted by Crippen LogP contribution is 2.74. The van der Waals surface area contributed by atoms with Crippen molar-refractivity contribution in [3.8, 4) is 0 Å². The summed E-state index contributed by atoms with van der Waals surface area (Å²) in [7, 11) is 0. The molecule has 0 saturated heterocycles. The second-order valence-corrected chi connectivity index (χ2v) is 16.6. The Hall–Kier alpha value is -2.19. The first-order valence-electron chi connectivity index (χ1n) is 17.0. The fourth-order valence-corrected chi connectivity index (χ4v) is 10.3. The van der Waals surface area contributed by atoms with Crippen LogP contribution in [0.3, 0.4) is 0 Å². The Kier molecular flexibility index (Phi) is 10.1. The van der Waals surface area contributed by atoms with E-state index in [1.807, 2.05) is 13.8 Å². The van der Waals surface area contributed by atoms with Gasteiger partial charge in [0.1, 0.15) is 6.10 Å². The van der Waals surface area contributed by atoms with Gasteiger partial charge in [0.15, 0.2) is 0 Å². The second-order valence-electron chi connectivity index (χ2n) is 16.6. The van der Waals surface area contributed by atoms with Crippen molar-refractivity contribution in [1.82, 2.24) is 0 Å². The van der Waals surface area contributed by atoms with Crippen molar-refractivity contribution in [2.24, 2.45) is 45.3 Å². The zero-order valence-corrected chi connectivity index (χ0v) is 29.3. The van der Waals surface area contributed by atoms with Gasteiger partial charge >= 0.3 is 17.9 Å². The van der Waals surface area contributed by atoms with E-state index in [0.29, 0.717) is 42.7 Å². The minimum absolute atomic E-state index is 0.00941. The molecule has 0 bridgehead atoms. The third-order valence-electron chi connectivity index (χ3n) is 12.5. The van der Waals surface area contributed by atoms with Crippen LogP contribution in [0.1, 0.15) is 121 Å². The lowest BCUT2D eigenvalue weighted by Crippen LogP contribution is -2.65. The van der Waals surface area contributed by atoms with Crippen LogP contribution in [0.5, 0.6) is 0 Å². The zero-order chi connectivity index (χ0) is 33.7. The van der Waals surface area contributed by atoms with Crippen LogP contribution in [0.25, 0.3) is 0 Å². The molecule has 8 nitrogen and oxygen atoms in total. The second kappa shape index (κ2) is 12.8. The molecule has 8 heteroatoms. The highest BCUT2D eigenvalue weighted by Gasteiger charge is 2.70. The molecule has 4 aliphatic carbocycles. The molecule has 0 aromatic rings. The van der Waals surface area contributed by atoms with Gasteiger partial charge in [0.25, 0.3) is 0 Å². The van der Waals surface area contributed by atoms with Crippen molar-refractivity contribution in [3.05, 3.63) is 22.8 Å². The number of carbonyl (C=O) groups is 3. The first-order chi connectivity index (χ1) is 20.8. The first-order valence-corrected chi connectivity index (χ1v) is 17.0. The van der Waals surface area contributed by atoms with E-state index in [0.717, 1.165) is 31.3 Å². The van der Waals surface area contributed by atoms with Crippen molar-refractivity contribution in [3.63, 3.8) is 0 Å². The zero-order valence-electron chi connectivity index (χ0n) is 29.3. The molecule has 0 radical (unpaired) electrons. The van der Waals surface area contributed by atoms with Crippen molar-refractivity contribution in [1.29, 1.82) is 0 Å². The lowest BCUT2D eigenvalue weighted by molar-refractivity contribution is -0.236. The van der Waals surface area contributed by atoms with Gasteiger partial charge in [-0.2, -0.15) is 0 Å². The number of carbonyl (C=O) groups excluding carboxylic acids is 3. The Labute approximate surface area is 270 Å². The molecule has 0 aromatic carbocycles. The number of ether oxygens (including phenoxy) is 3. The van der Waals surface area contributed by atoms with E-state index in [9.17, 15) is 24.6 Å². The molecule has 0 heterocycles. The van der Waals surface area contributed by atoms with Crippen LogP contribution < -0.4 is 0 Å². The van der Waals surface area contributed by atoms with E-state index in [4.69, 9.17) is 14.2 Å². The van der Waals surface area contributed by atoms with Crippen LogP contribution in [0.2, 0.25) is 0 Å². The number of rotatable bonds is 7. The Morgan fingerprint density at radius 3 is 2.24 bits per heavy atom. The van der Waals surface area contributed by atoms with Gasteiger partial charge in [-0.3, -0.25) is 9.59 Å².